The quantitative estimate of drug-likeness (QED) is 0.377. The van der Waals surface area contributed by atoms with Crippen LogP contribution in [0.5, 0.6) is 0 Å². The number of benzene rings is 1. The molecule has 2 nitrogen and oxygen atoms in total. The standard InChI is InChI=1S/C30H43FN2/c1-8-14-25(15-9-2)33-27(18-20(3)4)26-19-21(5)28(30(31)22(26)6)29(23(7)32)24-16-12-10-11-13-17-24/h10-12,16-20,25,33H,8-9,13-15,32H2,1-7H3/b27-18+,29-23+. The second-order valence-corrected chi connectivity index (χ2v) is 9.54. The van der Waals surface area contributed by atoms with Gasteiger partial charge in [0.2, 0.25) is 0 Å². The molecule has 1 aromatic rings. The van der Waals surface area contributed by atoms with Crippen molar-refractivity contribution in [3.8, 4) is 0 Å². The van der Waals surface area contributed by atoms with E-state index in [1.54, 1.807) is 0 Å². The average molecular weight is 451 g/mol. The summed E-state index contributed by atoms with van der Waals surface area (Å²) in [7, 11) is 0. The fourth-order valence-corrected chi connectivity index (χ4v) is 4.55. The van der Waals surface area contributed by atoms with Gasteiger partial charge in [0.25, 0.3) is 0 Å². The van der Waals surface area contributed by atoms with Gasteiger partial charge in [-0.15, -0.1) is 0 Å². The molecule has 33 heavy (non-hydrogen) atoms. The predicted molar refractivity (Wildman–Crippen MR) is 143 cm³/mol. The third kappa shape index (κ3) is 6.96. The number of halogens is 1. The zero-order valence-electron chi connectivity index (χ0n) is 21.7. The maximum Gasteiger partial charge on any atom is 0.134 e. The molecule has 0 fully saturated rings. The number of hydrogen-bond acceptors (Lipinski definition) is 2. The molecule has 1 aromatic carbocycles. The second kappa shape index (κ2) is 12.6. The predicted octanol–water partition coefficient (Wildman–Crippen LogP) is 8.13. The largest absolute Gasteiger partial charge is 0.402 e. The van der Waals surface area contributed by atoms with Crippen molar-refractivity contribution in [3.63, 3.8) is 0 Å². The SMILES string of the molecule is CCCC(CCC)N/C(=C/C(C)C)c1cc(C)c(/C(C2=CCC=CC=C2)=C(\C)N)c(F)c1C. The van der Waals surface area contributed by atoms with E-state index in [9.17, 15) is 0 Å². The number of rotatable bonds is 10. The molecule has 180 valence electrons. The number of nitrogens with one attached hydrogen (secondary N) is 1. The summed E-state index contributed by atoms with van der Waals surface area (Å²) in [4.78, 5) is 0. The van der Waals surface area contributed by atoms with Crippen LogP contribution in [-0.4, -0.2) is 6.04 Å². The molecule has 0 aromatic heterocycles. The van der Waals surface area contributed by atoms with Gasteiger partial charge < -0.3 is 11.1 Å². The molecule has 0 unspecified atom stereocenters. The molecule has 0 bridgehead atoms. The van der Waals surface area contributed by atoms with Crippen LogP contribution in [0.25, 0.3) is 11.3 Å². The van der Waals surface area contributed by atoms with E-state index in [1.165, 1.54) is 0 Å². The summed E-state index contributed by atoms with van der Waals surface area (Å²) in [6.45, 7) is 14.5. The molecule has 0 saturated heterocycles. The topological polar surface area (TPSA) is 38.0 Å². The molecule has 3 heteroatoms. The van der Waals surface area contributed by atoms with Crippen molar-refractivity contribution in [1.29, 1.82) is 0 Å². The van der Waals surface area contributed by atoms with Crippen LogP contribution in [-0.2, 0) is 0 Å². The number of aryl methyl sites for hydroxylation is 1. The molecule has 0 saturated carbocycles. The van der Waals surface area contributed by atoms with Crippen LogP contribution >= 0.6 is 0 Å². The molecule has 0 radical (unpaired) electrons. The van der Waals surface area contributed by atoms with Crippen molar-refractivity contribution in [1.82, 2.24) is 5.32 Å². The van der Waals surface area contributed by atoms with Crippen LogP contribution in [0.15, 0.2) is 53.8 Å². The molecule has 1 aliphatic rings. The van der Waals surface area contributed by atoms with E-state index < -0.39 is 0 Å². The van der Waals surface area contributed by atoms with Crippen molar-refractivity contribution < 1.29 is 4.39 Å². The molecular formula is C30H43FN2. The van der Waals surface area contributed by atoms with E-state index in [-0.39, 0.29) is 5.82 Å². The van der Waals surface area contributed by atoms with Crippen LogP contribution < -0.4 is 11.1 Å². The minimum absolute atomic E-state index is 0.185. The van der Waals surface area contributed by atoms with E-state index >= 15 is 4.39 Å². The van der Waals surface area contributed by atoms with Gasteiger partial charge >= 0.3 is 0 Å². The Labute approximate surface area is 201 Å². The normalized spacial score (nSPS) is 15.1. The van der Waals surface area contributed by atoms with Crippen molar-refractivity contribution in [2.75, 3.05) is 0 Å². The van der Waals surface area contributed by atoms with E-state index in [1.807, 2.05) is 39.0 Å². The van der Waals surface area contributed by atoms with E-state index in [4.69, 9.17) is 5.73 Å². The Morgan fingerprint density at radius 1 is 1.15 bits per heavy atom. The molecule has 0 aliphatic heterocycles. The first kappa shape index (κ1) is 26.7. The fraction of sp³-hybridized carbons (Fsp3) is 0.467. The number of hydrogen-bond donors (Lipinski definition) is 2. The van der Waals surface area contributed by atoms with Crippen LogP contribution in [0.1, 0.15) is 89.0 Å². The van der Waals surface area contributed by atoms with Gasteiger partial charge in [0.05, 0.1) is 0 Å². The third-order valence-corrected chi connectivity index (χ3v) is 6.06. The molecule has 3 N–H and O–H groups in total. The van der Waals surface area contributed by atoms with Crippen LogP contribution in [0.4, 0.5) is 4.39 Å². The lowest BCUT2D eigenvalue weighted by Crippen LogP contribution is -2.28. The summed E-state index contributed by atoms with van der Waals surface area (Å²) in [6, 6.07) is 2.52. The summed E-state index contributed by atoms with van der Waals surface area (Å²) in [5.41, 5.74) is 12.9. The second-order valence-electron chi connectivity index (χ2n) is 9.54. The van der Waals surface area contributed by atoms with Gasteiger partial charge in [-0.1, -0.05) is 77.0 Å². The Hall–Kier alpha value is -2.55. The molecule has 2 rings (SSSR count). The highest BCUT2D eigenvalue weighted by Crippen LogP contribution is 2.36. The van der Waals surface area contributed by atoms with Crippen LogP contribution in [0.3, 0.4) is 0 Å². The highest BCUT2D eigenvalue weighted by atomic mass is 19.1. The minimum atomic E-state index is -0.185. The molecule has 1 aliphatic carbocycles. The van der Waals surface area contributed by atoms with Crippen LogP contribution in [0.2, 0.25) is 0 Å². The molecule has 0 atom stereocenters. The summed E-state index contributed by atoms with van der Waals surface area (Å²) < 4.78 is 16.1. The summed E-state index contributed by atoms with van der Waals surface area (Å²) in [5, 5.41) is 3.77. The lowest BCUT2D eigenvalue weighted by molar-refractivity contribution is 0.500. The Morgan fingerprint density at radius 3 is 2.39 bits per heavy atom. The van der Waals surface area contributed by atoms with Crippen molar-refractivity contribution in [3.05, 3.63) is 81.9 Å². The Kier molecular flexibility index (Phi) is 10.2. The molecule has 0 amide bonds. The Morgan fingerprint density at radius 2 is 1.82 bits per heavy atom. The van der Waals surface area contributed by atoms with E-state index in [2.05, 4.69) is 57.3 Å². The van der Waals surface area contributed by atoms with Gasteiger partial charge in [-0.2, -0.15) is 0 Å². The zero-order valence-corrected chi connectivity index (χ0v) is 21.7. The lowest BCUT2D eigenvalue weighted by atomic mass is 9.87. The third-order valence-electron chi connectivity index (χ3n) is 6.06. The first-order chi connectivity index (χ1) is 15.7. The fourth-order valence-electron chi connectivity index (χ4n) is 4.55. The van der Waals surface area contributed by atoms with Crippen molar-refractivity contribution >= 4 is 11.3 Å². The highest BCUT2D eigenvalue weighted by Gasteiger charge is 2.22. The Balaban J connectivity index is 2.63. The van der Waals surface area contributed by atoms with Gasteiger partial charge in [0, 0.05) is 34.1 Å². The molecule has 0 spiro atoms. The van der Waals surface area contributed by atoms with Crippen molar-refractivity contribution in [2.24, 2.45) is 11.7 Å². The summed E-state index contributed by atoms with van der Waals surface area (Å²) in [5.74, 6) is 0.171. The average Bonchev–Trinajstić information content (AvgIpc) is 3.02. The van der Waals surface area contributed by atoms with Gasteiger partial charge in [0.1, 0.15) is 5.82 Å². The van der Waals surface area contributed by atoms with Gasteiger partial charge in [-0.05, 0) is 68.7 Å². The van der Waals surface area contributed by atoms with E-state index in [0.717, 1.165) is 60.1 Å². The van der Waals surface area contributed by atoms with E-state index in [0.29, 0.717) is 28.8 Å². The first-order valence-corrected chi connectivity index (χ1v) is 12.5. The van der Waals surface area contributed by atoms with Gasteiger partial charge in [-0.25, -0.2) is 4.39 Å². The van der Waals surface area contributed by atoms with Gasteiger partial charge in [-0.3, -0.25) is 0 Å². The van der Waals surface area contributed by atoms with Gasteiger partial charge in [0.15, 0.2) is 0 Å². The minimum Gasteiger partial charge on any atom is -0.402 e. The lowest BCUT2D eigenvalue weighted by Gasteiger charge is -2.25. The summed E-state index contributed by atoms with van der Waals surface area (Å²) >= 11 is 0. The zero-order chi connectivity index (χ0) is 24.5. The maximum atomic E-state index is 16.1. The number of nitrogens with two attached hydrogens (primary N) is 1. The van der Waals surface area contributed by atoms with Crippen LogP contribution in [0, 0.1) is 25.6 Å². The summed E-state index contributed by atoms with van der Waals surface area (Å²) in [6.07, 6.45) is 17.7. The number of allylic oxidation sites excluding steroid dienone is 9. The molecular weight excluding hydrogens is 407 g/mol. The molecule has 0 heterocycles. The maximum absolute atomic E-state index is 16.1. The Bertz CT molecular complexity index is 964. The monoisotopic (exact) mass is 450 g/mol. The van der Waals surface area contributed by atoms with Crippen molar-refractivity contribution in [2.45, 2.75) is 86.6 Å². The smallest absolute Gasteiger partial charge is 0.134 e. The highest BCUT2D eigenvalue weighted by molar-refractivity contribution is 5.87. The first-order valence-electron chi connectivity index (χ1n) is 12.5.